The second kappa shape index (κ2) is 8.80. The lowest BCUT2D eigenvalue weighted by Crippen LogP contribution is -2.44. The van der Waals surface area contributed by atoms with Crippen molar-refractivity contribution >= 4 is 51.0 Å². The van der Waals surface area contributed by atoms with Crippen LogP contribution in [0.5, 0.6) is 6.01 Å². The van der Waals surface area contributed by atoms with Gasteiger partial charge < -0.3 is 24.0 Å². The fourth-order valence-corrected chi connectivity index (χ4v) is 6.68. The van der Waals surface area contributed by atoms with E-state index in [0.29, 0.717) is 56.3 Å². The third kappa shape index (κ3) is 4.07. The number of aryl methyl sites for hydroxylation is 1. The number of aliphatic hydroxyl groups is 1. The van der Waals surface area contributed by atoms with Crippen molar-refractivity contribution in [1.29, 1.82) is 0 Å². The van der Waals surface area contributed by atoms with E-state index in [1.165, 1.54) is 0 Å². The highest BCUT2D eigenvalue weighted by Gasteiger charge is 2.49. The van der Waals surface area contributed by atoms with E-state index in [2.05, 4.69) is 9.88 Å². The molecule has 0 aliphatic carbocycles. The maximum absolute atomic E-state index is 14.3. The Morgan fingerprint density at radius 3 is 2.94 bits per heavy atom. The van der Waals surface area contributed by atoms with E-state index in [-0.39, 0.29) is 28.5 Å². The summed E-state index contributed by atoms with van der Waals surface area (Å²) in [4.78, 5) is 18.0. The van der Waals surface area contributed by atoms with Crippen LogP contribution in [0.3, 0.4) is 0 Å². The Hall–Kier alpha value is -1.98. The fraction of sp³-hybridized carbons (Fsp3) is 0.625. The molecule has 3 aliphatic rings. The first-order chi connectivity index (χ1) is 17.2. The average Bonchev–Trinajstić information content (AvgIpc) is 3.37. The number of hydrogen-bond donors (Lipinski definition) is 1. The summed E-state index contributed by atoms with van der Waals surface area (Å²) in [6.45, 7) is 4.87. The maximum atomic E-state index is 14.3. The summed E-state index contributed by atoms with van der Waals surface area (Å²) in [5, 5.41) is 12.9. The molecule has 0 unspecified atom stereocenters. The molecular formula is C24H29Cl2FN6O3. The summed E-state index contributed by atoms with van der Waals surface area (Å²) in [5.41, 5.74) is -0.105. The fourth-order valence-electron chi connectivity index (χ4n) is 6.12. The standard InChI is InChI=1S/C24H29Cl2FN6O3/c1-23(34)11-32(6-7-35-12-23)21-17-15-8-16(25)28-19(26)18(15)31(2)20(17)29-22(30-21)36-13-24-4-3-5-33(24)10-14(27)9-24/h8,14,34H,3-7,9-13H2,1-2H3/t14-,23+,24+/m1/s1. The Kier molecular flexibility index (Phi) is 5.96. The van der Waals surface area contributed by atoms with Crippen molar-refractivity contribution in [2.75, 3.05) is 50.9 Å². The topological polar surface area (TPSA) is 88.8 Å². The van der Waals surface area contributed by atoms with Crippen LogP contribution in [0.15, 0.2) is 6.07 Å². The second-order valence-electron chi connectivity index (χ2n) is 10.6. The Bertz CT molecular complexity index is 1340. The van der Waals surface area contributed by atoms with Crippen LogP contribution in [-0.2, 0) is 11.8 Å². The summed E-state index contributed by atoms with van der Waals surface area (Å²) >= 11 is 12.8. The zero-order valence-corrected chi connectivity index (χ0v) is 21.8. The van der Waals surface area contributed by atoms with E-state index < -0.39 is 11.8 Å². The van der Waals surface area contributed by atoms with Gasteiger partial charge in [-0.3, -0.25) is 4.90 Å². The highest BCUT2D eigenvalue weighted by molar-refractivity contribution is 6.37. The maximum Gasteiger partial charge on any atom is 0.320 e. The second-order valence-corrected chi connectivity index (χ2v) is 11.3. The molecule has 3 atom stereocenters. The summed E-state index contributed by atoms with van der Waals surface area (Å²) in [5.74, 6) is 0.597. The summed E-state index contributed by atoms with van der Waals surface area (Å²) < 4.78 is 28.0. The first kappa shape index (κ1) is 24.4. The zero-order chi connectivity index (χ0) is 25.2. The Balaban J connectivity index is 1.48. The highest BCUT2D eigenvalue weighted by atomic mass is 35.5. The molecule has 12 heteroatoms. The van der Waals surface area contributed by atoms with E-state index in [1.807, 2.05) is 16.5 Å². The van der Waals surface area contributed by atoms with E-state index in [1.54, 1.807) is 13.0 Å². The van der Waals surface area contributed by atoms with E-state index in [9.17, 15) is 9.50 Å². The highest BCUT2D eigenvalue weighted by Crippen LogP contribution is 2.42. The minimum Gasteiger partial charge on any atom is -0.461 e. The SMILES string of the molecule is Cn1c2nc(OC[C@@]34CCCN3C[C@H](F)C4)nc(N3CCOC[C@@](C)(O)C3)c2c2cc(Cl)nc(Cl)c21. The third-order valence-corrected chi connectivity index (χ3v) is 8.13. The number of hydrogen-bond acceptors (Lipinski definition) is 8. The van der Waals surface area contributed by atoms with Gasteiger partial charge in [0.1, 0.15) is 35.0 Å². The van der Waals surface area contributed by atoms with Crippen LogP contribution in [0, 0.1) is 0 Å². The van der Waals surface area contributed by atoms with Gasteiger partial charge in [-0.15, -0.1) is 0 Å². The molecule has 0 saturated carbocycles. The van der Waals surface area contributed by atoms with Crippen molar-refractivity contribution < 1.29 is 19.0 Å². The van der Waals surface area contributed by atoms with Crippen molar-refractivity contribution in [2.45, 2.75) is 43.5 Å². The summed E-state index contributed by atoms with van der Waals surface area (Å²) in [6, 6.07) is 1.95. The number of alkyl halides is 1. The molecule has 1 N–H and O–H groups in total. The quantitative estimate of drug-likeness (QED) is 0.506. The Labute approximate surface area is 218 Å². The number of nitrogens with zero attached hydrogens (tertiary/aromatic N) is 6. The zero-order valence-electron chi connectivity index (χ0n) is 20.3. The van der Waals surface area contributed by atoms with Gasteiger partial charge in [0.15, 0.2) is 5.15 Å². The van der Waals surface area contributed by atoms with Gasteiger partial charge in [-0.1, -0.05) is 23.2 Å². The molecule has 0 amide bonds. The first-order valence-electron chi connectivity index (χ1n) is 12.2. The first-order valence-corrected chi connectivity index (χ1v) is 13.0. The van der Waals surface area contributed by atoms with Crippen LogP contribution in [0.2, 0.25) is 10.3 Å². The monoisotopic (exact) mass is 538 g/mol. The van der Waals surface area contributed by atoms with Crippen LogP contribution in [0.4, 0.5) is 10.2 Å². The molecule has 0 bridgehead atoms. The van der Waals surface area contributed by atoms with E-state index >= 15 is 0 Å². The molecule has 9 nitrogen and oxygen atoms in total. The lowest BCUT2D eigenvalue weighted by molar-refractivity contribution is -0.0123. The van der Waals surface area contributed by atoms with Gasteiger partial charge in [0.05, 0.1) is 36.2 Å². The van der Waals surface area contributed by atoms with Crippen molar-refractivity contribution in [3.8, 4) is 6.01 Å². The van der Waals surface area contributed by atoms with Gasteiger partial charge in [-0.2, -0.15) is 9.97 Å². The van der Waals surface area contributed by atoms with Gasteiger partial charge in [-0.05, 0) is 32.4 Å². The molecule has 36 heavy (non-hydrogen) atoms. The molecule has 3 aromatic heterocycles. The molecule has 3 fully saturated rings. The lowest BCUT2D eigenvalue weighted by atomic mass is 9.95. The smallest absolute Gasteiger partial charge is 0.320 e. The molecule has 0 aromatic carbocycles. The van der Waals surface area contributed by atoms with Crippen LogP contribution in [0.1, 0.15) is 26.2 Å². The van der Waals surface area contributed by atoms with Gasteiger partial charge in [0, 0.05) is 31.9 Å². The van der Waals surface area contributed by atoms with Crippen molar-refractivity contribution in [1.82, 2.24) is 24.4 Å². The number of aromatic nitrogens is 4. The third-order valence-electron chi connectivity index (χ3n) is 7.67. The predicted molar refractivity (Wildman–Crippen MR) is 136 cm³/mol. The average molecular weight is 539 g/mol. The largest absolute Gasteiger partial charge is 0.461 e. The van der Waals surface area contributed by atoms with E-state index in [0.717, 1.165) is 30.2 Å². The van der Waals surface area contributed by atoms with Crippen molar-refractivity contribution in [3.05, 3.63) is 16.4 Å². The number of ether oxygens (including phenoxy) is 2. The molecule has 0 radical (unpaired) electrons. The number of halogens is 3. The lowest BCUT2D eigenvalue weighted by Gasteiger charge is -2.31. The van der Waals surface area contributed by atoms with Crippen molar-refractivity contribution in [3.63, 3.8) is 0 Å². The Morgan fingerprint density at radius 2 is 2.11 bits per heavy atom. The van der Waals surface area contributed by atoms with Crippen molar-refractivity contribution in [2.24, 2.45) is 7.05 Å². The molecule has 0 spiro atoms. The molecule has 3 saturated heterocycles. The summed E-state index contributed by atoms with van der Waals surface area (Å²) in [6.07, 6.45) is 1.54. The summed E-state index contributed by atoms with van der Waals surface area (Å²) in [7, 11) is 1.86. The molecular weight excluding hydrogens is 510 g/mol. The van der Waals surface area contributed by atoms with Gasteiger partial charge in [0.25, 0.3) is 0 Å². The molecule has 6 heterocycles. The minimum atomic E-state index is -1.07. The van der Waals surface area contributed by atoms with Crippen LogP contribution < -0.4 is 9.64 Å². The number of anilines is 1. The van der Waals surface area contributed by atoms with Crippen LogP contribution >= 0.6 is 23.2 Å². The Morgan fingerprint density at radius 1 is 1.28 bits per heavy atom. The molecule has 3 aromatic rings. The number of β-amino-alcohol motifs (C(OH)–C–C–N with tert-alkyl or cyclic N) is 1. The molecule has 6 rings (SSSR count). The number of rotatable bonds is 4. The normalized spacial score (nSPS) is 29.3. The van der Waals surface area contributed by atoms with Crippen LogP contribution in [0.25, 0.3) is 21.9 Å². The molecule has 3 aliphatic heterocycles. The molecule has 194 valence electrons. The number of fused-ring (bicyclic) bond motifs is 4. The number of pyridine rings is 1. The van der Waals surface area contributed by atoms with Gasteiger partial charge >= 0.3 is 6.01 Å². The van der Waals surface area contributed by atoms with Gasteiger partial charge in [0.2, 0.25) is 0 Å². The minimum absolute atomic E-state index is 0.201. The van der Waals surface area contributed by atoms with Gasteiger partial charge in [-0.25, -0.2) is 9.37 Å². The van der Waals surface area contributed by atoms with Crippen LogP contribution in [-0.4, -0.2) is 92.8 Å². The predicted octanol–water partition coefficient (Wildman–Crippen LogP) is 3.37. The van der Waals surface area contributed by atoms with E-state index in [4.69, 9.17) is 42.6 Å².